The van der Waals surface area contributed by atoms with Crippen LogP contribution in [0.2, 0.25) is 0 Å². The van der Waals surface area contributed by atoms with Crippen LogP contribution in [0.1, 0.15) is 49.0 Å². The summed E-state index contributed by atoms with van der Waals surface area (Å²) < 4.78 is 52.3. The number of likely N-dealkylation sites (tertiary alicyclic amines) is 1. The molecule has 3 atom stereocenters. The number of hydrogen-bond donors (Lipinski definition) is 3. The number of amidine groups is 1. The number of benzene rings is 1. The molecule has 1 spiro atoms. The van der Waals surface area contributed by atoms with Crippen molar-refractivity contribution >= 4 is 17.3 Å². The largest absolute Gasteiger partial charge is 0.395 e. The van der Waals surface area contributed by atoms with Crippen molar-refractivity contribution in [3.63, 3.8) is 0 Å². The van der Waals surface area contributed by atoms with Crippen LogP contribution in [0.5, 0.6) is 0 Å². The van der Waals surface area contributed by atoms with Crippen molar-refractivity contribution in [3.8, 4) is 0 Å². The molecule has 4 aliphatic rings. The summed E-state index contributed by atoms with van der Waals surface area (Å²) in [4.78, 5) is 24.0. The molecule has 2 fully saturated rings. The maximum atomic E-state index is 15.6. The summed E-state index contributed by atoms with van der Waals surface area (Å²) >= 11 is 0. The lowest BCUT2D eigenvalue weighted by Crippen LogP contribution is -2.63. The quantitative estimate of drug-likeness (QED) is 0.519. The number of allylic oxidation sites excluding steroid dienone is 2. The molecule has 3 N–H and O–H groups in total. The van der Waals surface area contributed by atoms with Crippen LogP contribution in [0.4, 0.5) is 13.2 Å². The van der Waals surface area contributed by atoms with Crippen LogP contribution in [0, 0.1) is 17.7 Å². The minimum atomic E-state index is -3.07. The molecular formula is C27H33F3N4O4. The SMILES string of the molecule is CC(C)C1=NC(N2CCC3(CC2)OC2C=CC(c4ccc(C(=O)NCCO)cc4F)=CC2CC3(F)F)ON1. The van der Waals surface area contributed by atoms with E-state index in [0.717, 1.165) is 11.9 Å². The number of carbonyl (C=O) groups is 1. The number of piperidine rings is 1. The highest BCUT2D eigenvalue weighted by molar-refractivity contribution is 5.94. The molecule has 11 heteroatoms. The van der Waals surface area contributed by atoms with Crippen LogP contribution < -0.4 is 10.8 Å². The van der Waals surface area contributed by atoms with Crippen LogP contribution in [-0.4, -0.2) is 72.0 Å². The number of nitrogens with one attached hydrogen (secondary N) is 2. The van der Waals surface area contributed by atoms with Gasteiger partial charge < -0.3 is 15.2 Å². The average molecular weight is 535 g/mol. The topological polar surface area (TPSA) is 95.4 Å². The van der Waals surface area contributed by atoms with E-state index < -0.39 is 48.0 Å². The lowest BCUT2D eigenvalue weighted by molar-refractivity contribution is -0.283. The Bertz CT molecular complexity index is 1160. The van der Waals surface area contributed by atoms with Crippen molar-refractivity contribution < 1.29 is 32.6 Å². The number of rotatable bonds is 6. The van der Waals surface area contributed by atoms with Gasteiger partial charge in [0, 0.05) is 49.0 Å². The Hall–Kier alpha value is -2.73. The zero-order chi connectivity index (χ0) is 27.1. The summed E-state index contributed by atoms with van der Waals surface area (Å²) in [7, 11) is 0. The number of amides is 1. The molecule has 1 amide bonds. The van der Waals surface area contributed by atoms with Crippen molar-refractivity contribution in [2.24, 2.45) is 16.8 Å². The summed E-state index contributed by atoms with van der Waals surface area (Å²) in [5, 5.41) is 11.3. The van der Waals surface area contributed by atoms with E-state index in [0.29, 0.717) is 18.7 Å². The average Bonchev–Trinajstić information content (AvgIpc) is 3.39. The highest BCUT2D eigenvalue weighted by Crippen LogP contribution is 2.51. The predicted octanol–water partition coefficient (Wildman–Crippen LogP) is 3.25. The van der Waals surface area contributed by atoms with Crippen LogP contribution in [0.3, 0.4) is 0 Å². The van der Waals surface area contributed by atoms with E-state index in [2.05, 4.69) is 15.8 Å². The third kappa shape index (κ3) is 5.00. The highest BCUT2D eigenvalue weighted by atomic mass is 19.3. The normalized spacial score (nSPS) is 28.0. The lowest BCUT2D eigenvalue weighted by atomic mass is 9.74. The second-order valence-corrected chi connectivity index (χ2v) is 10.6. The van der Waals surface area contributed by atoms with Gasteiger partial charge in [-0.1, -0.05) is 38.1 Å². The maximum absolute atomic E-state index is 15.6. The van der Waals surface area contributed by atoms with Crippen molar-refractivity contribution in [1.82, 2.24) is 15.7 Å². The number of hydroxylamine groups is 1. The third-order valence-electron chi connectivity index (χ3n) is 7.72. The predicted molar refractivity (Wildman–Crippen MR) is 135 cm³/mol. The molecule has 0 bridgehead atoms. The van der Waals surface area contributed by atoms with E-state index in [1.54, 1.807) is 18.2 Å². The first kappa shape index (κ1) is 26.9. The Labute approximate surface area is 219 Å². The van der Waals surface area contributed by atoms with Crippen LogP contribution in [0.25, 0.3) is 5.57 Å². The molecule has 5 rings (SSSR count). The fourth-order valence-corrected chi connectivity index (χ4v) is 5.49. The zero-order valence-corrected chi connectivity index (χ0v) is 21.4. The highest BCUT2D eigenvalue weighted by Gasteiger charge is 2.61. The minimum Gasteiger partial charge on any atom is -0.395 e. The Balaban J connectivity index is 1.27. The second-order valence-electron chi connectivity index (χ2n) is 10.6. The fourth-order valence-electron chi connectivity index (χ4n) is 5.49. The molecule has 3 heterocycles. The van der Waals surface area contributed by atoms with Crippen molar-refractivity contribution in [2.45, 2.75) is 57.1 Å². The summed E-state index contributed by atoms with van der Waals surface area (Å²) in [6.07, 6.45) is 3.90. The number of nitrogens with zero attached hydrogens (tertiary/aromatic N) is 2. The molecule has 38 heavy (non-hydrogen) atoms. The smallest absolute Gasteiger partial charge is 0.277 e. The molecule has 3 unspecified atom stereocenters. The molecule has 1 aliphatic carbocycles. The number of halogens is 3. The summed E-state index contributed by atoms with van der Waals surface area (Å²) in [6.45, 7) is 4.56. The number of aliphatic hydroxyl groups is 1. The Morgan fingerprint density at radius 1 is 1.32 bits per heavy atom. The standard InChI is InChI=1S/C27H33F3N4O4/c1-16(2)23-32-25(38-33-23)34-10-7-26(8-11-34)27(29,30)15-19-13-17(4-6-22(19)37-26)20-5-3-18(14-21(20)28)24(36)31-9-12-35/h3-6,13-14,16,19,22,25,35H,7-12,15H2,1-2H3,(H,31,36)(H,32,33). The summed E-state index contributed by atoms with van der Waals surface area (Å²) in [6, 6.07) is 4.04. The first-order valence-electron chi connectivity index (χ1n) is 13.0. The Morgan fingerprint density at radius 2 is 2.08 bits per heavy atom. The number of fused-ring (bicyclic) bond motifs is 1. The number of aliphatic hydroxyl groups excluding tert-OH is 1. The monoisotopic (exact) mass is 534 g/mol. The molecule has 2 saturated heterocycles. The molecule has 206 valence electrons. The van der Waals surface area contributed by atoms with Crippen LogP contribution in [-0.2, 0) is 9.57 Å². The van der Waals surface area contributed by atoms with Gasteiger partial charge in [0.25, 0.3) is 11.8 Å². The maximum Gasteiger partial charge on any atom is 0.277 e. The van der Waals surface area contributed by atoms with Gasteiger partial charge in [-0.15, -0.1) is 0 Å². The van der Waals surface area contributed by atoms with Gasteiger partial charge in [0.1, 0.15) is 17.3 Å². The molecule has 3 aliphatic heterocycles. The Kier molecular flexibility index (Phi) is 7.38. The number of aliphatic imine (C=N–C) groups is 1. The molecular weight excluding hydrogens is 501 g/mol. The van der Waals surface area contributed by atoms with E-state index in [9.17, 15) is 9.18 Å². The zero-order valence-electron chi connectivity index (χ0n) is 21.4. The van der Waals surface area contributed by atoms with E-state index in [1.165, 1.54) is 12.1 Å². The number of carbonyl (C=O) groups excluding carboxylic acids is 1. The number of hydrogen-bond acceptors (Lipinski definition) is 7. The molecule has 0 aromatic heterocycles. The number of alkyl halides is 2. The minimum absolute atomic E-state index is 0.0610. The van der Waals surface area contributed by atoms with Crippen molar-refractivity contribution in [1.29, 1.82) is 0 Å². The van der Waals surface area contributed by atoms with E-state index >= 15 is 8.78 Å². The first-order valence-corrected chi connectivity index (χ1v) is 13.0. The van der Waals surface area contributed by atoms with E-state index in [-0.39, 0.29) is 43.0 Å². The lowest BCUT2D eigenvalue weighted by Gasteiger charge is -2.52. The Morgan fingerprint density at radius 3 is 2.74 bits per heavy atom. The molecule has 1 aromatic carbocycles. The van der Waals surface area contributed by atoms with Gasteiger partial charge in [-0.3, -0.25) is 9.69 Å². The summed E-state index contributed by atoms with van der Waals surface area (Å²) in [5.74, 6) is -3.89. The van der Waals surface area contributed by atoms with E-state index in [1.807, 2.05) is 18.7 Å². The molecule has 8 nitrogen and oxygen atoms in total. The van der Waals surface area contributed by atoms with Gasteiger partial charge in [-0.05, 0) is 30.5 Å². The fraction of sp³-hybridized carbons (Fsp3) is 0.556. The van der Waals surface area contributed by atoms with Crippen LogP contribution in [0.15, 0.2) is 41.4 Å². The second kappa shape index (κ2) is 10.4. The van der Waals surface area contributed by atoms with Gasteiger partial charge in [-0.2, -0.15) is 0 Å². The molecule has 0 saturated carbocycles. The number of ether oxygens (including phenoxy) is 1. The van der Waals surface area contributed by atoms with Gasteiger partial charge in [0.2, 0.25) is 6.35 Å². The van der Waals surface area contributed by atoms with Crippen molar-refractivity contribution in [3.05, 3.63) is 53.4 Å². The third-order valence-corrected chi connectivity index (χ3v) is 7.72. The summed E-state index contributed by atoms with van der Waals surface area (Å²) in [5.41, 5.74) is 2.06. The van der Waals surface area contributed by atoms with Gasteiger partial charge >= 0.3 is 0 Å². The van der Waals surface area contributed by atoms with Gasteiger partial charge in [0.15, 0.2) is 0 Å². The van der Waals surface area contributed by atoms with Crippen molar-refractivity contribution in [2.75, 3.05) is 26.2 Å². The molecule has 0 radical (unpaired) electrons. The van der Waals surface area contributed by atoms with Gasteiger partial charge in [0.05, 0.1) is 12.7 Å². The molecule has 1 aromatic rings. The van der Waals surface area contributed by atoms with E-state index in [4.69, 9.17) is 14.7 Å². The van der Waals surface area contributed by atoms with Crippen LogP contribution >= 0.6 is 0 Å². The first-order chi connectivity index (χ1) is 18.1. The van der Waals surface area contributed by atoms with Gasteiger partial charge in [-0.25, -0.2) is 28.5 Å².